The van der Waals surface area contributed by atoms with Crippen molar-refractivity contribution in [2.75, 3.05) is 43.7 Å². The molecule has 3 heterocycles. The second-order valence-electron chi connectivity index (χ2n) is 16.6. The maximum Gasteiger partial charge on any atom is 0.178 e. The van der Waals surface area contributed by atoms with Crippen LogP contribution >= 0.6 is 11.8 Å². The summed E-state index contributed by atoms with van der Waals surface area (Å²) in [5.41, 5.74) is 11.9. The molecule has 0 N–H and O–H groups in total. The van der Waals surface area contributed by atoms with E-state index >= 15 is 0 Å². The van der Waals surface area contributed by atoms with Gasteiger partial charge in [0.15, 0.2) is 22.9 Å². The molecular formula is C54H45N3O3S. The molecule has 11 rings (SSSR count). The van der Waals surface area contributed by atoms with Gasteiger partial charge in [-0.2, -0.15) is 11.8 Å². The van der Waals surface area contributed by atoms with Crippen molar-refractivity contribution in [1.29, 1.82) is 0 Å². The Labute approximate surface area is 360 Å². The number of benzene rings is 7. The topological polar surface area (TPSA) is 56.7 Å². The summed E-state index contributed by atoms with van der Waals surface area (Å²) in [6.45, 7) is 6.75. The van der Waals surface area contributed by atoms with Crippen molar-refractivity contribution < 1.29 is 14.2 Å². The maximum atomic E-state index is 7.73. The molecule has 7 heteroatoms. The molecule has 0 amide bonds. The lowest BCUT2D eigenvalue weighted by Gasteiger charge is -2.39. The number of hydrogen-bond acceptors (Lipinski definition) is 7. The minimum atomic E-state index is -0.967. The maximum absolute atomic E-state index is 7.73. The van der Waals surface area contributed by atoms with Crippen molar-refractivity contribution >= 4 is 45.2 Å². The fraction of sp³-hybridized carbons (Fsp3) is 0.185. The predicted molar refractivity (Wildman–Crippen MR) is 251 cm³/mol. The third-order valence-corrected chi connectivity index (χ3v) is 13.9. The van der Waals surface area contributed by atoms with Crippen molar-refractivity contribution in [3.8, 4) is 51.0 Å². The van der Waals surface area contributed by atoms with E-state index in [4.69, 9.17) is 24.2 Å². The summed E-state index contributed by atoms with van der Waals surface area (Å²) in [5, 5.41) is 3.08. The average molecular weight is 816 g/mol. The van der Waals surface area contributed by atoms with Crippen LogP contribution in [-0.2, 0) is 11.0 Å². The van der Waals surface area contributed by atoms with Gasteiger partial charge in [-0.25, -0.2) is 9.97 Å². The van der Waals surface area contributed by atoms with E-state index in [1.165, 1.54) is 27.9 Å². The summed E-state index contributed by atoms with van der Waals surface area (Å²) >= 11 is 2.02. The number of hydrogen-bond donors (Lipinski definition) is 0. The lowest BCUT2D eigenvalue weighted by molar-refractivity contribution is 0.163. The molecule has 300 valence electrons. The zero-order valence-electron chi connectivity index (χ0n) is 34.7. The van der Waals surface area contributed by atoms with Crippen LogP contribution in [0.2, 0.25) is 0 Å². The summed E-state index contributed by atoms with van der Waals surface area (Å²) in [5.74, 6) is 5.12. The van der Waals surface area contributed by atoms with Crippen molar-refractivity contribution in [2.45, 2.75) is 24.9 Å². The molecule has 7 aromatic carbocycles. The van der Waals surface area contributed by atoms with Crippen LogP contribution in [-0.4, -0.2) is 48.8 Å². The smallest absolute Gasteiger partial charge is 0.178 e. The van der Waals surface area contributed by atoms with E-state index in [1.807, 2.05) is 30.0 Å². The van der Waals surface area contributed by atoms with Gasteiger partial charge in [-0.15, -0.1) is 0 Å². The van der Waals surface area contributed by atoms with Gasteiger partial charge in [0.1, 0.15) is 5.75 Å². The molecule has 6 nitrogen and oxygen atoms in total. The third-order valence-electron chi connectivity index (χ3n) is 12.9. The van der Waals surface area contributed by atoms with Crippen molar-refractivity contribution in [3.05, 3.63) is 173 Å². The van der Waals surface area contributed by atoms with E-state index in [1.54, 1.807) is 14.2 Å². The second-order valence-corrected chi connectivity index (χ2v) is 17.8. The second kappa shape index (κ2) is 14.6. The highest BCUT2D eigenvalue weighted by molar-refractivity contribution is 7.99. The average Bonchev–Trinajstić information content (AvgIpc) is 3.57. The highest BCUT2D eigenvalue weighted by Gasteiger charge is 2.44. The Kier molecular flexibility index (Phi) is 8.94. The van der Waals surface area contributed by atoms with Crippen molar-refractivity contribution in [1.82, 2.24) is 9.97 Å². The highest BCUT2D eigenvalue weighted by atomic mass is 32.2. The van der Waals surface area contributed by atoms with Crippen LogP contribution in [0.3, 0.4) is 0 Å². The molecule has 0 radical (unpaired) electrons. The number of ether oxygens (including phenoxy) is 3. The summed E-state index contributed by atoms with van der Waals surface area (Å²) in [6.07, 6.45) is 4.58. The molecule has 0 bridgehead atoms. The number of para-hydroxylation sites is 1. The minimum absolute atomic E-state index is 0.278. The largest absolute Gasteiger partial charge is 0.493 e. The molecule has 1 unspecified atom stereocenters. The van der Waals surface area contributed by atoms with E-state index < -0.39 is 5.60 Å². The Bertz CT molecular complexity index is 3030. The van der Waals surface area contributed by atoms with Gasteiger partial charge in [-0.3, -0.25) is 0 Å². The number of thioether (sulfide) groups is 1. The van der Waals surface area contributed by atoms with E-state index in [-0.39, 0.29) is 5.41 Å². The van der Waals surface area contributed by atoms with Gasteiger partial charge in [0, 0.05) is 74.3 Å². The standard InChI is InChI=1S/C54H45N3O3S/c1-53(2)44-16-10-8-14-39(44)48-42-32-46(58-3)47(59-4)33-43(42)51-41(49(48)53)26-27-54(60-51,37-22-24-38(25-23-37)57-28-30-61-31-29-57)36-20-18-35(19-21-36)52-55-45-17-11-9-15-40(45)50(56-52)34-12-6-5-7-13-34/h5-27,32-33H,28-31H2,1-4H3. The first-order valence-electron chi connectivity index (χ1n) is 21.0. The van der Waals surface area contributed by atoms with Gasteiger partial charge in [0.05, 0.1) is 25.4 Å². The summed E-state index contributed by atoms with van der Waals surface area (Å²) in [6, 6.07) is 49.2. The molecule has 1 atom stereocenters. The lowest BCUT2D eigenvalue weighted by atomic mass is 9.76. The first-order chi connectivity index (χ1) is 29.9. The quantitative estimate of drug-likeness (QED) is 0.159. The first-order valence-corrected chi connectivity index (χ1v) is 22.1. The molecule has 0 spiro atoms. The van der Waals surface area contributed by atoms with Crippen LogP contribution < -0.4 is 19.1 Å². The molecule has 3 aliphatic rings. The number of rotatable bonds is 7. The van der Waals surface area contributed by atoms with Crippen LogP contribution in [0.25, 0.3) is 61.5 Å². The molecule has 1 aromatic heterocycles. The fourth-order valence-corrected chi connectivity index (χ4v) is 10.8. The van der Waals surface area contributed by atoms with Gasteiger partial charge in [0.25, 0.3) is 0 Å². The molecule has 1 aliphatic carbocycles. The van der Waals surface area contributed by atoms with Gasteiger partial charge in [-0.1, -0.05) is 129 Å². The zero-order chi connectivity index (χ0) is 41.3. The van der Waals surface area contributed by atoms with Gasteiger partial charge in [0.2, 0.25) is 0 Å². The van der Waals surface area contributed by atoms with Gasteiger partial charge in [-0.05, 0) is 64.0 Å². The molecule has 8 aromatic rings. The molecule has 61 heavy (non-hydrogen) atoms. The number of anilines is 1. The zero-order valence-corrected chi connectivity index (χ0v) is 35.6. The number of aromatic nitrogens is 2. The first kappa shape index (κ1) is 37.4. The highest BCUT2D eigenvalue weighted by Crippen LogP contribution is 2.59. The van der Waals surface area contributed by atoms with E-state index in [9.17, 15) is 0 Å². The Balaban J connectivity index is 1.11. The molecule has 1 saturated heterocycles. The van der Waals surface area contributed by atoms with Crippen LogP contribution in [0.5, 0.6) is 17.2 Å². The van der Waals surface area contributed by atoms with Crippen LogP contribution in [0.4, 0.5) is 5.69 Å². The SMILES string of the molecule is COc1cc2c3c(c4c(c2cc1OC)-c1ccccc1C4(C)C)C=CC(c1ccc(-c2nc(-c4ccccc4)c4ccccc4n2)cc1)(c1ccc(N2CCSCC2)cc1)O3. The van der Waals surface area contributed by atoms with E-state index in [0.29, 0.717) is 17.3 Å². The van der Waals surface area contributed by atoms with Crippen molar-refractivity contribution in [3.63, 3.8) is 0 Å². The van der Waals surface area contributed by atoms with Crippen LogP contribution in [0, 0.1) is 0 Å². The Morgan fingerprint density at radius 3 is 2.05 bits per heavy atom. The number of methoxy groups -OCH3 is 2. The molecule has 2 aliphatic heterocycles. The fourth-order valence-electron chi connectivity index (χ4n) is 9.88. The third kappa shape index (κ3) is 5.93. The molecular weight excluding hydrogens is 771 g/mol. The normalized spacial score (nSPS) is 17.4. The number of fused-ring (bicyclic) bond motifs is 9. The monoisotopic (exact) mass is 815 g/mol. The Morgan fingerprint density at radius 1 is 0.656 bits per heavy atom. The van der Waals surface area contributed by atoms with Crippen molar-refractivity contribution in [2.24, 2.45) is 0 Å². The van der Waals surface area contributed by atoms with Gasteiger partial charge < -0.3 is 19.1 Å². The van der Waals surface area contributed by atoms with Gasteiger partial charge >= 0.3 is 0 Å². The van der Waals surface area contributed by atoms with Crippen LogP contribution in [0.15, 0.2) is 146 Å². The predicted octanol–water partition coefficient (Wildman–Crippen LogP) is 12.3. The molecule has 0 saturated carbocycles. The number of nitrogens with zero attached hydrogens (tertiary/aromatic N) is 3. The van der Waals surface area contributed by atoms with E-state index in [2.05, 4.69) is 152 Å². The summed E-state index contributed by atoms with van der Waals surface area (Å²) in [4.78, 5) is 12.7. The summed E-state index contributed by atoms with van der Waals surface area (Å²) in [7, 11) is 3.39. The summed E-state index contributed by atoms with van der Waals surface area (Å²) < 4.78 is 19.6. The Hall–Kier alpha value is -6.57. The Morgan fingerprint density at radius 2 is 1.31 bits per heavy atom. The minimum Gasteiger partial charge on any atom is -0.493 e. The molecule has 1 fully saturated rings. The van der Waals surface area contributed by atoms with Crippen LogP contribution in [0.1, 0.15) is 41.7 Å². The lowest BCUT2D eigenvalue weighted by Crippen LogP contribution is -2.35. The van der Waals surface area contributed by atoms with E-state index in [0.717, 1.165) is 85.5 Å².